The molecule has 1 fully saturated rings. The fourth-order valence-electron chi connectivity index (χ4n) is 2.12. The van der Waals surface area contributed by atoms with Gasteiger partial charge in [-0.3, -0.25) is 4.79 Å². The molecule has 1 unspecified atom stereocenters. The van der Waals surface area contributed by atoms with E-state index in [0.717, 1.165) is 32.2 Å². The molecule has 0 N–H and O–H groups in total. The number of halogens is 1. The van der Waals surface area contributed by atoms with Gasteiger partial charge >= 0.3 is 0 Å². The summed E-state index contributed by atoms with van der Waals surface area (Å²) in [5.74, 6) is 0.743. The summed E-state index contributed by atoms with van der Waals surface area (Å²) in [6.07, 6.45) is 5.70. The fourth-order valence-corrected chi connectivity index (χ4v) is 2.75. The van der Waals surface area contributed by atoms with E-state index in [2.05, 4.69) is 9.59 Å². The molecule has 1 aliphatic heterocycles. The molecule has 1 amide bonds. The number of carbonyl (C=O) groups is 1. The van der Waals surface area contributed by atoms with Crippen LogP contribution in [0, 0.1) is 0 Å². The molecular formula is C10H14ClN3OS. The Bertz CT molecular complexity index is 344. The summed E-state index contributed by atoms with van der Waals surface area (Å²) >= 11 is 6.85. The molecule has 1 aromatic rings. The van der Waals surface area contributed by atoms with Crippen molar-refractivity contribution in [3.8, 4) is 0 Å². The molecule has 2 rings (SSSR count). The predicted molar refractivity (Wildman–Crippen MR) is 63.9 cm³/mol. The summed E-state index contributed by atoms with van der Waals surface area (Å²) in [6, 6.07) is 0.355. The number of hydrogen-bond acceptors (Lipinski definition) is 4. The molecule has 0 spiro atoms. The maximum atomic E-state index is 12.1. The van der Waals surface area contributed by atoms with Crippen LogP contribution in [-0.2, 0) is 0 Å². The van der Waals surface area contributed by atoms with Gasteiger partial charge < -0.3 is 4.90 Å². The summed E-state index contributed by atoms with van der Waals surface area (Å²) in [4.78, 5) is 14.7. The van der Waals surface area contributed by atoms with Crippen molar-refractivity contribution < 1.29 is 4.79 Å². The maximum Gasteiger partial charge on any atom is 0.267 e. The molecule has 16 heavy (non-hydrogen) atoms. The molecule has 0 aliphatic carbocycles. The van der Waals surface area contributed by atoms with E-state index in [9.17, 15) is 4.79 Å². The smallest absolute Gasteiger partial charge is 0.267 e. The van der Waals surface area contributed by atoms with Crippen LogP contribution < -0.4 is 0 Å². The van der Waals surface area contributed by atoms with Gasteiger partial charge in [0.25, 0.3) is 5.91 Å². The lowest BCUT2D eigenvalue weighted by molar-refractivity contribution is 0.0735. The van der Waals surface area contributed by atoms with Gasteiger partial charge in [0.2, 0.25) is 0 Å². The number of carbonyl (C=O) groups excluding carboxylic acids is 1. The van der Waals surface area contributed by atoms with Crippen LogP contribution in [0.15, 0.2) is 6.20 Å². The van der Waals surface area contributed by atoms with Crippen LogP contribution in [0.1, 0.15) is 35.4 Å². The first-order chi connectivity index (χ1) is 7.83. The minimum Gasteiger partial charge on any atom is -0.335 e. The number of amides is 1. The van der Waals surface area contributed by atoms with Crippen molar-refractivity contribution in [3.63, 3.8) is 0 Å². The third-order valence-corrected chi connectivity index (χ3v) is 3.80. The second-order valence-corrected chi connectivity index (χ2v) is 5.07. The zero-order valence-electron chi connectivity index (χ0n) is 8.93. The quantitative estimate of drug-likeness (QED) is 0.779. The Labute approximate surface area is 104 Å². The first-order valence-corrected chi connectivity index (χ1v) is 6.78. The highest BCUT2D eigenvalue weighted by Crippen LogP contribution is 2.24. The van der Waals surface area contributed by atoms with Crippen LogP contribution in [-0.4, -0.2) is 38.9 Å². The van der Waals surface area contributed by atoms with Crippen LogP contribution in [0.4, 0.5) is 0 Å². The van der Waals surface area contributed by atoms with Crippen molar-refractivity contribution in [3.05, 3.63) is 11.1 Å². The second-order valence-electron chi connectivity index (χ2n) is 3.91. The van der Waals surface area contributed by atoms with Gasteiger partial charge in [0, 0.05) is 18.5 Å². The molecule has 1 atom stereocenters. The summed E-state index contributed by atoms with van der Waals surface area (Å²) < 4.78 is 3.72. The lowest BCUT2D eigenvalue weighted by Gasteiger charge is -2.23. The van der Waals surface area contributed by atoms with Crippen molar-refractivity contribution in [1.82, 2.24) is 14.5 Å². The molecule has 4 nitrogen and oxygen atoms in total. The Kier molecular flexibility index (Phi) is 4.12. The normalized spacial score (nSPS) is 20.3. The molecule has 1 aliphatic rings. The molecule has 0 aromatic carbocycles. The highest BCUT2D eigenvalue weighted by molar-refractivity contribution is 7.07. The van der Waals surface area contributed by atoms with Crippen molar-refractivity contribution in [2.75, 3.05) is 12.4 Å². The summed E-state index contributed by atoms with van der Waals surface area (Å²) in [5.41, 5.74) is 0. The number of rotatable bonds is 4. The van der Waals surface area contributed by atoms with Crippen LogP contribution in [0.3, 0.4) is 0 Å². The number of likely N-dealkylation sites (tertiary alicyclic amines) is 1. The van der Waals surface area contributed by atoms with Crippen molar-refractivity contribution in [2.45, 2.75) is 31.7 Å². The van der Waals surface area contributed by atoms with E-state index in [-0.39, 0.29) is 5.91 Å². The van der Waals surface area contributed by atoms with Crippen molar-refractivity contribution in [1.29, 1.82) is 0 Å². The van der Waals surface area contributed by atoms with Gasteiger partial charge in [0.15, 0.2) is 0 Å². The first kappa shape index (κ1) is 11.8. The van der Waals surface area contributed by atoms with Crippen molar-refractivity contribution in [2.24, 2.45) is 0 Å². The van der Waals surface area contributed by atoms with E-state index in [1.165, 1.54) is 11.5 Å². The van der Waals surface area contributed by atoms with Crippen molar-refractivity contribution >= 4 is 29.0 Å². The van der Waals surface area contributed by atoms with Crippen LogP contribution in [0.2, 0.25) is 0 Å². The first-order valence-electron chi connectivity index (χ1n) is 5.47. The third-order valence-electron chi connectivity index (χ3n) is 2.88. The van der Waals surface area contributed by atoms with Gasteiger partial charge in [-0.15, -0.1) is 16.7 Å². The monoisotopic (exact) mass is 259 g/mol. The molecule has 0 radical (unpaired) electrons. The molecule has 2 heterocycles. The largest absolute Gasteiger partial charge is 0.335 e. The van der Waals surface area contributed by atoms with E-state index in [1.54, 1.807) is 6.20 Å². The Balaban J connectivity index is 1.99. The van der Waals surface area contributed by atoms with Gasteiger partial charge in [-0.1, -0.05) is 4.49 Å². The topological polar surface area (TPSA) is 46.1 Å². The molecular weight excluding hydrogens is 246 g/mol. The SMILES string of the molecule is O=C(c1cnns1)N1CCCC1CCCCl. The van der Waals surface area contributed by atoms with Crippen LogP contribution in [0.25, 0.3) is 0 Å². The standard InChI is InChI=1S/C10H14ClN3OS/c11-5-1-3-8-4-2-6-14(8)10(15)9-7-12-13-16-9/h7-8H,1-6H2. The lowest BCUT2D eigenvalue weighted by Crippen LogP contribution is -2.35. The van der Waals surface area contributed by atoms with Crippen LogP contribution in [0.5, 0.6) is 0 Å². The summed E-state index contributed by atoms with van der Waals surface area (Å²) in [6.45, 7) is 0.851. The summed E-state index contributed by atoms with van der Waals surface area (Å²) in [5, 5.41) is 3.70. The number of hydrogen-bond donors (Lipinski definition) is 0. The lowest BCUT2D eigenvalue weighted by atomic mass is 10.1. The second kappa shape index (κ2) is 5.59. The Hall–Kier alpha value is -0.680. The fraction of sp³-hybridized carbons (Fsp3) is 0.700. The summed E-state index contributed by atoms with van der Waals surface area (Å²) in [7, 11) is 0. The van der Waals surface area contributed by atoms with Gasteiger partial charge in [0.1, 0.15) is 4.88 Å². The Morgan fingerprint density at radius 3 is 3.25 bits per heavy atom. The van der Waals surface area contributed by atoms with Gasteiger partial charge in [-0.05, 0) is 37.2 Å². The highest BCUT2D eigenvalue weighted by Gasteiger charge is 2.29. The van der Waals surface area contributed by atoms with E-state index >= 15 is 0 Å². The average Bonchev–Trinajstić information content (AvgIpc) is 2.96. The molecule has 0 bridgehead atoms. The Morgan fingerprint density at radius 1 is 1.69 bits per heavy atom. The van der Waals surface area contributed by atoms with E-state index < -0.39 is 0 Å². The van der Waals surface area contributed by atoms with Gasteiger partial charge in [-0.25, -0.2) is 0 Å². The molecule has 1 aromatic heterocycles. The minimum atomic E-state index is 0.0760. The van der Waals surface area contributed by atoms with Crippen LogP contribution >= 0.6 is 23.1 Å². The zero-order chi connectivity index (χ0) is 11.4. The number of nitrogens with zero attached hydrogens (tertiary/aromatic N) is 3. The van der Waals surface area contributed by atoms with Gasteiger partial charge in [-0.2, -0.15) is 0 Å². The van der Waals surface area contributed by atoms with E-state index in [4.69, 9.17) is 11.6 Å². The molecule has 88 valence electrons. The zero-order valence-corrected chi connectivity index (χ0v) is 10.5. The highest BCUT2D eigenvalue weighted by atomic mass is 35.5. The average molecular weight is 260 g/mol. The minimum absolute atomic E-state index is 0.0760. The predicted octanol–water partition coefficient (Wildman–Crippen LogP) is 2.16. The number of aromatic nitrogens is 2. The molecule has 6 heteroatoms. The van der Waals surface area contributed by atoms with E-state index in [1.807, 2.05) is 4.90 Å². The third kappa shape index (κ3) is 2.52. The van der Waals surface area contributed by atoms with Gasteiger partial charge in [0.05, 0.1) is 6.20 Å². The van der Waals surface area contributed by atoms with E-state index in [0.29, 0.717) is 16.8 Å². The molecule has 1 saturated heterocycles. The Morgan fingerprint density at radius 2 is 2.56 bits per heavy atom. The number of alkyl halides is 1. The maximum absolute atomic E-state index is 12.1. The molecule has 0 saturated carbocycles.